The summed E-state index contributed by atoms with van der Waals surface area (Å²) in [6.45, 7) is 8.50. The van der Waals surface area contributed by atoms with E-state index in [1.807, 2.05) is 27.7 Å². The Bertz CT molecular complexity index is 260. The van der Waals surface area contributed by atoms with Crippen LogP contribution in [-0.4, -0.2) is 34.4 Å². The summed E-state index contributed by atoms with van der Waals surface area (Å²) in [6.07, 6.45) is 2.10. The predicted molar refractivity (Wildman–Crippen MR) is 68.9 cm³/mol. The summed E-state index contributed by atoms with van der Waals surface area (Å²) >= 11 is 0. The van der Waals surface area contributed by atoms with Crippen LogP contribution >= 0.6 is 0 Å². The minimum atomic E-state index is 0.0738. The van der Waals surface area contributed by atoms with Gasteiger partial charge in [-0.2, -0.15) is 0 Å². The van der Waals surface area contributed by atoms with Crippen LogP contribution in [0.4, 0.5) is 0 Å². The molecule has 0 aliphatic heterocycles. The van der Waals surface area contributed by atoms with Crippen LogP contribution in [0.5, 0.6) is 0 Å². The second-order valence-electron chi connectivity index (χ2n) is 4.48. The van der Waals surface area contributed by atoms with Gasteiger partial charge in [0.2, 0.25) is 5.91 Å². The van der Waals surface area contributed by atoms with E-state index in [1.165, 1.54) is 0 Å². The third kappa shape index (κ3) is 5.06. The van der Waals surface area contributed by atoms with Crippen molar-refractivity contribution in [3.8, 4) is 0 Å². The van der Waals surface area contributed by atoms with Crippen molar-refractivity contribution in [3.63, 3.8) is 0 Å². The molecule has 17 heavy (non-hydrogen) atoms. The fraction of sp³-hybridized carbons (Fsp3) is 0.833. The molecule has 0 saturated heterocycles. The first-order valence-electron chi connectivity index (χ1n) is 6.24. The quantitative estimate of drug-likeness (QED) is 0.310. The number of oxime groups is 1. The standard InChI is InChI=1S/C12H25N3O2/c1-5-10(6-2)12(16)15(9(3)4)8-7-11(13)14-17/h9-10,17H,5-8H2,1-4H3,(H2,13,14). The molecule has 0 aromatic rings. The van der Waals surface area contributed by atoms with Gasteiger partial charge in [0.25, 0.3) is 0 Å². The van der Waals surface area contributed by atoms with Gasteiger partial charge in [0.05, 0.1) is 0 Å². The van der Waals surface area contributed by atoms with Crippen molar-refractivity contribution in [1.82, 2.24) is 4.90 Å². The smallest absolute Gasteiger partial charge is 0.225 e. The largest absolute Gasteiger partial charge is 0.409 e. The molecule has 0 aromatic carbocycles. The molecule has 0 aromatic heterocycles. The topological polar surface area (TPSA) is 78.9 Å². The maximum atomic E-state index is 12.2. The highest BCUT2D eigenvalue weighted by atomic mass is 16.4. The van der Waals surface area contributed by atoms with Gasteiger partial charge in [-0.15, -0.1) is 0 Å². The van der Waals surface area contributed by atoms with Crippen LogP contribution in [0, 0.1) is 5.92 Å². The number of nitrogens with two attached hydrogens (primary N) is 1. The number of rotatable bonds is 7. The van der Waals surface area contributed by atoms with Crippen molar-refractivity contribution in [2.75, 3.05) is 6.54 Å². The van der Waals surface area contributed by atoms with E-state index in [9.17, 15) is 4.79 Å². The fourth-order valence-corrected chi connectivity index (χ4v) is 1.78. The number of carbonyl (C=O) groups is 1. The Balaban J connectivity index is 4.57. The average molecular weight is 243 g/mol. The minimum Gasteiger partial charge on any atom is -0.409 e. The predicted octanol–water partition coefficient (Wildman–Crippen LogP) is 1.80. The third-order valence-corrected chi connectivity index (χ3v) is 2.98. The van der Waals surface area contributed by atoms with E-state index in [0.29, 0.717) is 13.0 Å². The van der Waals surface area contributed by atoms with Crippen molar-refractivity contribution in [3.05, 3.63) is 0 Å². The Morgan fingerprint density at radius 3 is 2.24 bits per heavy atom. The van der Waals surface area contributed by atoms with Crippen LogP contribution in [-0.2, 0) is 4.79 Å². The third-order valence-electron chi connectivity index (χ3n) is 2.98. The summed E-state index contributed by atoms with van der Waals surface area (Å²) in [7, 11) is 0. The van der Waals surface area contributed by atoms with E-state index < -0.39 is 0 Å². The number of nitrogens with zero attached hydrogens (tertiary/aromatic N) is 2. The number of amides is 1. The van der Waals surface area contributed by atoms with Crippen LogP contribution in [0.3, 0.4) is 0 Å². The maximum absolute atomic E-state index is 12.2. The van der Waals surface area contributed by atoms with Crippen LogP contribution in [0.1, 0.15) is 47.0 Å². The van der Waals surface area contributed by atoms with Gasteiger partial charge >= 0.3 is 0 Å². The Morgan fingerprint density at radius 1 is 1.35 bits per heavy atom. The van der Waals surface area contributed by atoms with Gasteiger partial charge in [0.1, 0.15) is 5.84 Å². The normalized spacial score (nSPS) is 12.2. The van der Waals surface area contributed by atoms with Gasteiger partial charge in [0.15, 0.2) is 0 Å². The molecule has 100 valence electrons. The number of hydrogen-bond donors (Lipinski definition) is 2. The fourth-order valence-electron chi connectivity index (χ4n) is 1.78. The molecule has 0 fully saturated rings. The zero-order chi connectivity index (χ0) is 13.4. The number of carbonyl (C=O) groups excluding carboxylic acids is 1. The summed E-state index contributed by atoms with van der Waals surface area (Å²) in [6, 6.07) is 0.134. The Hall–Kier alpha value is -1.26. The summed E-state index contributed by atoms with van der Waals surface area (Å²) in [5.41, 5.74) is 5.42. The van der Waals surface area contributed by atoms with Crippen molar-refractivity contribution >= 4 is 11.7 Å². The van der Waals surface area contributed by atoms with E-state index >= 15 is 0 Å². The molecule has 5 nitrogen and oxygen atoms in total. The molecule has 0 unspecified atom stereocenters. The Morgan fingerprint density at radius 2 is 1.88 bits per heavy atom. The lowest BCUT2D eigenvalue weighted by molar-refractivity contribution is -0.137. The number of hydrogen-bond acceptors (Lipinski definition) is 3. The molecule has 0 bridgehead atoms. The van der Waals surface area contributed by atoms with E-state index in [-0.39, 0.29) is 23.7 Å². The summed E-state index contributed by atoms with van der Waals surface area (Å²) in [4.78, 5) is 14.0. The second-order valence-corrected chi connectivity index (χ2v) is 4.48. The maximum Gasteiger partial charge on any atom is 0.225 e. The molecular weight excluding hydrogens is 218 g/mol. The van der Waals surface area contributed by atoms with Gasteiger partial charge < -0.3 is 15.8 Å². The molecule has 0 aliphatic rings. The van der Waals surface area contributed by atoms with Gasteiger partial charge in [-0.05, 0) is 26.7 Å². The highest BCUT2D eigenvalue weighted by Crippen LogP contribution is 2.14. The van der Waals surface area contributed by atoms with E-state index in [1.54, 1.807) is 4.90 Å². The molecule has 0 radical (unpaired) electrons. The molecule has 0 spiro atoms. The molecular formula is C12H25N3O2. The van der Waals surface area contributed by atoms with Crippen LogP contribution in [0.15, 0.2) is 5.16 Å². The average Bonchev–Trinajstić information content (AvgIpc) is 2.30. The zero-order valence-electron chi connectivity index (χ0n) is 11.3. The highest BCUT2D eigenvalue weighted by molar-refractivity contribution is 5.82. The van der Waals surface area contributed by atoms with Crippen LogP contribution in [0.25, 0.3) is 0 Å². The molecule has 0 aliphatic carbocycles. The monoisotopic (exact) mass is 243 g/mol. The van der Waals surface area contributed by atoms with E-state index in [2.05, 4.69) is 5.16 Å². The number of amidine groups is 1. The molecule has 0 saturated carbocycles. The Kier molecular flexibility index (Phi) is 7.34. The lowest BCUT2D eigenvalue weighted by Gasteiger charge is -2.30. The molecule has 0 atom stereocenters. The first kappa shape index (κ1) is 15.7. The summed E-state index contributed by atoms with van der Waals surface area (Å²) < 4.78 is 0. The van der Waals surface area contributed by atoms with E-state index in [0.717, 1.165) is 12.8 Å². The van der Waals surface area contributed by atoms with E-state index in [4.69, 9.17) is 10.9 Å². The highest BCUT2D eigenvalue weighted by Gasteiger charge is 2.23. The molecule has 1 amide bonds. The SMILES string of the molecule is CCC(CC)C(=O)N(CC/C(N)=N/O)C(C)C. The van der Waals surface area contributed by atoms with Crippen molar-refractivity contribution in [2.24, 2.45) is 16.8 Å². The second kappa shape index (κ2) is 7.92. The zero-order valence-corrected chi connectivity index (χ0v) is 11.3. The first-order valence-corrected chi connectivity index (χ1v) is 6.24. The van der Waals surface area contributed by atoms with Crippen LogP contribution in [0.2, 0.25) is 0 Å². The molecule has 0 heterocycles. The van der Waals surface area contributed by atoms with Crippen molar-refractivity contribution in [1.29, 1.82) is 0 Å². The van der Waals surface area contributed by atoms with Crippen molar-refractivity contribution < 1.29 is 10.0 Å². The lowest BCUT2D eigenvalue weighted by atomic mass is 10.0. The molecule has 5 heteroatoms. The van der Waals surface area contributed by atoms with Gasteiger partial charge in [-0.3, -0.25) is 4.79 Å². The molecule has 0 rings (SSSR count). The summed E-state index contributed by atoms with van der Waals surface area (Å²) in [5, 5.41) is 11.4. The lowest BCUT2D eigenvalue weighted by Crippen LogP contribution is -2.42. The first-order chi connectivity index (χ1) is 7.97. The summed E-state index contributed by atoms with van der Waals surface area (Å²) in [5.74, 6) is 0.397. The Labute approximate surface area is 104 Å². The molecule has 3 N–H and O–H groups in total. The van der Waals surface area contributed by atoms with Gasteiger partial charge in [-0.25, -0.2) is 0 Å². The minimum absolute atomic E-state index is 0.0738. The van der Waals surface area contributed by atoms with Gasteiger partial charge in [0, 0.05) is 24.9 Å². The van der Waals surface area contributed by atoms with Gasteiger partial charge in [-0.1, -0.05) is 19.0 Å². The van der Waals surface area contributed by atoms with Crippen molar-refractivity contribution in [2.45, 2.75) is 53.0 Å². The van der Waals surface area contributed by atoms with Crippen LogP contribution < -0.4 is 5.73 Å².